The first-order valence-corrected chi connectivity index (χ1v) is 9.59. The summed E-state index contributed by atoms with van der Waals surface area (Å²) in [6, 6.07) is 10.1. The number of hydrogen-bond acceptors (Lipinski definition) is 3. The van der Waals surface area contributed by atoms with Crippen molar-refractivity contribution in [3.05, 3.63) is 59.0 Å². The normalized spacial score (nSPS) is 19.0. The molecule has 0 saturated heterocycles. The van der Waals surface area contributed by atoms with E-state index in [1.54, 1.807) is 0 Å². The van der Waals surface area contributed by atoms with Crippen LogP contribution >= 0.6 is 0 Å². The minimum Gasteiger partial charge on any atom is -0.311 e. The van der Waals surface area contributed by atoms with Gasteiger partial charge in [0, 0.05) is 35.7 Å². The molecule has 1 fully saturated rings. The quantitative estimate of drug-likeness (QED) is 0.773. The molecule has 0 bridgehead atoms. The van der Waals surface area contributed by atoms with Crippen LogP contribution in [0.5, 0.6) is 0 Å². The molecule has 27 heavy (non-hydrogen) atoms. The Balaban J connectivity index is 1.59. The molecule has 3 aromatic rings. The van der Waals surface area contributed by atoms with Gasteiger partial charge in [0.25, 0.3) is 0 Å². The molecule has 3 heterocycles. The summed E-state index contributed by atoms with van der Waals surface area (Å²) >= 11 is 0. The van der Waals surface area contributed by atoms with Gasteiger partial charge in [-0.2, -0.15) is 10.2 Å². The molecule has 2 aliphatic rings. The van der Waals surface area contributed by atoms with E-state index in [0.29, 0.717) is 12.3 Å². The second-order valence-corrected chi connectivity index (χ2v) is 7.71. The van der Waals surface area contributed by atoms with Crippen molar-refractivity contribution in [3.63, 3.8) is 0 Å². The van der Waals surface area contributed by atoms with Crippen molar-refractivity contribution in [2.24, 2.45) is 5.92 Å². The largest absolute Gasteiger partial charge is 0.311 e. The molecule has 1 saturated carbocycles. The maximum atomic E-state index is 12.5. The van der Waals surface area contributed by atoms with Crippen molar-refractivity contribution in [2.75, 3.05) is 5.32 Å². The van der Waals surface area contributed by atoms with Crippen molar-refractivity contribution in [1.82, 2.24) is 19.6 Å². The van der Waals surface area contributed by atoms with E-state index in [-0.39, 0.29) is 11.8 Å². The molecule has 2 aromatic heterocycles. The lowest BCUT2D eigenvalue weighted by Crippen LogP contribution is -2.25. The second-order valence-electron chi connectivity index (χ2n) is 7.71. The third-order valence-electron chi connectivity index (χ3n) is 5.72. The Hall–Kier alpha value is -2.89. The van der Waals surface area contributed by atoms with Crippen molar-refractivity contribution in [2.45, 2.75) is 45.6 Å². The number of para-hydroxylation sites is 1. The standard InChI is InChI=1S/C21H23N5O/c1-13-20(14(2)26(24-13)16-6-4-3-5-7-16)17-10-19(27)23-21-18(17)11-22-25(21)12-15-8-9-15/h3-7,11,15,17H,8-10,12H2,1-2H3,(H,23,27). The number of aryl methyl sites for hydroxylation is 1. The zero-order valence-electron chi connectivity index (χ0n) is 15.6. The Morgan fingerprint density at radius 3 is 2.70 bits per heavy atom. The number of rotatable bonds is 4. The van der Waals surface area contributed by atoms with Crippen LogP contribution < -0.4 is 5.32 Å². The Morgan fingerprint density at radius 1 is 1.19 bits per heavy atom. The number of carbonyl (C=O) groups excluding carboxylic acids is 1. The average Bonchev–Trinajstić information content (AvgIpc) is 3.32. The van der Waals surface area contributed by atoms with Crippen molar-refractivity contribution in [1.29, 1.82) is 0 Å². The van der Waals surface area contributed by atoms with E-state index in [4.69, 9.17) is 5.10 Å². The fourth-order valence-corrected chi connectivity index (χ4v) is 4.19. The number of amides is 1. The van der Waals surface area contributed by atoms with E-state index in [1.807, 2.05) is 40.7 Å². The molecule has 1 aromatic carbocycles. The first kappa shape index (κ1) is 16.3. The molecule has 0 radical (unpaired) electrons. The highest BCUT2D eigenvalue weighted by Crippen LogP contribution is 2.41. The van der Waals surface area contributed by atoms with Gasteiger partial charge in [-0.1, -0.05) is 18.2 Å². The van der Waals surface area contributed by atoms with Crippen molar-refractivity contribution in [3.8, 4) is 5.69 Å². The fraction of sp³-hybridized carbons (Fsp3) is 0.381. The molecule has 1 aliphatic carbocycles. The van der Waals surface area contributed by atoms with Gasteiger partial charge in [-0.3, -0.25) is 4.79 Å². The summed E-state index contributed by atoms with van der Waals surface area (Å²) < 4.78 is 3.95. The van der Waals surface area contributed by atoms with E-state index >= 15 is 0 Å². The second kappa shape index (κ2) is 6.08. The lowest BCUT2D eigenvalue weighted by Gasteiger charge is -2.24. The van der Waals surface area contributed by atoms with Gasteiger partial charge in [0.15, 0.2) is 0 Å². The van der Waals surface area contributed by atoms with Crippen molar-refractivity contribution >= 4 is 11.7 Å². The minimum absolute atomic E-state index is 0.000773. The summed E-state index contributed by atoms with van der Waals surface area (Å²) in [6.45, 7) is 5.01. The van der Waals surface area contributed by atoms with Crippen LogP contribution in [0.25, 0.3) is 5.69 Å². The highest BCUT2D eigenvalue weighted by Gasteiger charge is 2.34. The molecule has 5 rings (SSSR count). The van der Waals surface area contributed by atoms with E-state index < -0.39 is 0 Å². The SMILES string of the molecule is Cc1nn(-c2ccccc2)c(C)c1C1CC(=O)Nc2c1cnn2CC1CC1. The number of anilines is 1. The summed E-state index contributed by atoms with van der Waals surface area (Å²) in [7, 11) is 0. The first-order valence-electron chi connectivity index (χ1n) is 9.59. The van der Waals surface area contributed by atoms with Gasteiger partial charge >= 0.3 is 0 Å². The van der Waals surface area contributed by atoms with Crippen LogP contribution in [0.1, 0.15) is 47.7 Å². The number of fused-ring (bicyclic) bond motifs is 1. The predicted molar refractivity (Wildman–Crippen MR) is 103 cm³/mol. The Bertz CT molecular complexity index is 1010. The van der Waals surface area contributed by atoms with Gasteiger partial charge in [0.2, 0.25) is 5.91 Å². The molecular weight excluding hydrogens is 338 g/mol. The van der Waals surface area contributed by atoms with Crippen LogP contribution in [0.3, 0.4) is 0 Å². The smallest absolute Gasteiger partial charge is 0.226 e. The highest BCUT2D eigenvalue weighted by atomic mass is 16.1. The molecule has 1 N–H and O–H groups in total. The maximum Gasteiger partial charge on any atom is 0.226 e. The van der Waals surface area contributed by atoms with Gasteiger partial charge in [-0.05, 0) is 44.7 Å². The topological polar surface area (TPSA) is 64.7 Å². The van der Waals surface area contributed by atoms with Crippen LogP contribution in [0.2, 0.25) is 0 Å². The highest BCUT2D eigenvalue weighted by molar-refractivity contribution is 5.94. The first-order chi connectivity index (χ1) is 13.1. The summed E-state index contributed by atoms with van der Waals surface area (Å²) in [5, 5.41) is 12.4. The number of nitrogens with zero attached hydrogens (tertiary/aromatic N) is 4. The number of aromatic nitrogens is 4. The molecule has 138 valence electrons. The van der Waals surface area contributed by atoms with Crippen molar-refractivity contribution < 1.29 is 4.79 Å². The molecule has 6 heteroatoms. The maximum absolute atomic E-state index is 12.5. The Morgan fingerprint density at radius 2 is 1.96 bits per heavy atom. The number of benzene rings is 1. The van der Waals surface area contributed by atoms with Crippen LogP contribution in [-0.4, -0.2) is 25.5 Å². The fourth-order valence-electron chi connectivity index (χ4n) is 4.19. The zero-order chi connectivity index (χ0) is 18.5. The van der Waals surface area contributed by atoms with Gasteiger partial charge in [-0.25, -0.2) is 9.36 Å². The molecule has 1 amide bonds. The molecule has 0 spiro atoms. The third kappa shape index (κ3) is 2.76. The van der Waals surface area contributed by atoms with Gasteiger partial charge in [0.1, 0.15) is 5.82 Å². The summed E-state index contributed by atoms with van der Waals surface area (Å²) in [5.41, 5.74) is 5.33. The summed E-state index contributed by atoms with van der Waals surface area (Å²) in [5.74, 6) is 1.63. The van der Waals surface area contributed by atoms with Crippen LogP contribution in [0.15, 0.2) is 36.5 Å². The van der Waals surface area contributed by atoms with Gasteiger partial charge in [-0.15, -0.1) is 0 Å². The van der Waals surface area contributed by atoms with E-state index in [1.165, 1.54) is 12.8 Å². The molecule has 6 nitrogen and oxygen atoms in total. The summed E-state index contributed by atoms with van der Waals surface area (Å²) in [4.78, 5) is 12.5. The molecular formula is C21H23N5O. The molecule has 1 aliphatic heterocycles. The van der Waals surface area contributed by atoms with Crippen LogP contribution in [0.4, 0.5) is 5.82 Å². The van der Waals surface area contributed by atoms with Crippen LogP contribution in [0, 0.1) is 19.8 Å². The van der Waals surface area contributed by atoms with Gasteiger partial charge in [0.05, 0.1) is 17.6 Å². The monoisotopic (exact) mass is 361 g/mol. The Labute approximate surface area is 158 Å². The average molecular weight is 361 g/mol. The summed E-state index contributed by atoms with van der Waals surface area (Å²) in [6.07, 6.45) is 4.88. The lowest BCUT2D eigenvalue weighted by molar-refractivity contribution is -0.116. The lowest BCUT2D eigenvalue weighted by atomic mass is 9.86. The number of carbonyl (C=O) groups is 1. The van der Waals surface area contributed by atoms with E-state index in [2.05, 4.69) is 29.5 Å². The Kier molecular flexibility index (Phi) is 3.67. The van der Waals surface area contributed by atoms with Crippen LogP contribution in [-0.2, 0) is 11.3 Å². The predicted octanol–water partition coefficient (Wildman–Crippen LogP) is 3.57. The third-order valence-corrected chi connectivity index (χ3v) is 5.72. The van der Waals surface area contributed by atoms with Gasteiger partial charge < -0.3 is 5.32 Å². The molecule has 1 atom stereocenters. The molecule has 1 unspecified atom stereocenters. The zero-order valence-corrected chi connectivity index (χ0v) is 15.6. The number of nitrogens with one attached hydrogen (secondary N) is 1. The minimum atomic E-state index is -0.000773. The van der Waals surface area contributed by atoms with E-state index in [9.17, 15) is 4.79 Å². The van der Waals surface area contributed by atoms with E-state index in [0.717, 1.165) is 40.6 Å². The number of hydrogen-bond donors (Lipinski definition) is 1.